The fraction of sp³-hybridized carbons (Fsp3) is 0.421. The molecular formula is C19H24N4O2. The Bertz CT molecular complexity index is 727. The van der Waals surface area contributed by atoms with E-state index in [1.165, 1.54) is 0 Å². The number of piperidine rings is 1. The van der Waals surface area contributed by atoms with E-state index in [1.807, 2.05) is 36.1 Å². The second-order valence-corrected chi connectivity index (χ2v) is 6.29. The molecule has 0 spiro atoms. The molecule has 1 amide bonds. The summed E-state index contributed by atoms with van der Waals surface area (Å²) in [5.41, 5.74) is 1.20. The normalized spacial score (nSPS) is 15.0. The highest BCUT2D eigenvalue weighted by atomic mass is 16.5. The van der Waals surface area contributed by atoms with Crippen molar-refractivity contribution in [2.75, 3.05) is 25.0 Å². The third-order valence-electron chi connectivity index (χ3n) is 4.38. The first-order chi connectivity index (χ1) is 12.2. The maximum atomic E-state index is 12.7. The van der Waals surface area contributed by atoms with Crippen molar-refractivity contribution in [3.63, 3.8) is 0 Å². The molecule has 0 radical (unpaired) electrons. The molecule has 0 unspecified atom stereocenters. The number of hydrogen-bond donors (Lipinski definition) is 1. The van der Waals surface area contributed by atoms with Gasteiger partial charge in [0, 0.05) is 19.3 Å². The van der Waals surface area contributed by atoms with E-state index in [2.05, 4.69) is 22.2 Å². The molecule has 0 saturated carbocycles. The highest BCUT2D eigenvalue weighted by Crippen LogP contribution is 2.26. The van der Waals surface area contributed by atoms with Gasteiger partial charge in [-0.15, -0.1) is 0 Å². The predicted molar refractivity (Wildman–Crippen MR) is 97.2 cm³/mol. The van der Waals surface area contributed by atoms with Crippen molar-refractivity contribution in [3.05, 3.63) is 42.2 Å². The molecule has 6 nitrogen and oxygen atoms in total. The van der Waals surface area contributed by atoms with Crippen LogP contribution in [0.2, 0.25) is 0 Å². The second kappa shape index (κ2) is 7.96. The number of aromatic nitrogens is 2. The molecule has 25 heavy (non-hydrogen) atoms. The fourth-order valence-electron chi connectivity index (χ4n) is 2.88. The number of likely N-dealkylation sites (tertiary alicyclic amines) is 1. The summed E-state index contributed by atoms with van der Waals surface area (Å²) < 4.78 is 5.60. The Morgan fingerprint density at radius 2 is 2.04 bits per heavy atom. The van der Waals surface area contributed by atoms with E-state index < -0.39 is 0 Å². The lowest BCUT2D eigenvalue weighted by Crippen LogP contribution is -2.38. The number of anilines is 2. The van der Waals surface area contributed by atoms with Gasteiger partial charge < -0.3 is 15.0 Å². The molecule has 0 aliphatic carbocycles. The zero-order chi connectivity index (χ0) is 17.6. The molecule has 6 heteroatoms. The average Bonchev–Trinajstić information content (AvgIpc) is 2.64. The Morgan fingerprint density at radius 1 is 1.28 bits per heavy atom. The van der Waals surface area contributed by atoms with Gasteiger partial charge in [0.05, 0.1) is 12.3 Å². The number of rotatable bonds is 5. The molecule has 1 N–H and O–H groups in total. The van der Waals surface area contributed by atoms with Crippen LogP contribution in [0.25, 0.3) is 0 Å². The molecule has 1 aliphatic heterocycles. The van der Waals surface area contributed by atoms with E-state index in [4.69, 9.17) is 4.74 Å². The van der Waals surface area contributed by atoms with Gasteiger partial charge in [-0.05, 0) is 43.9 Å². The van der Waals surface area contributed by atoms with E-state index in [-0.39, 0.29) is 5.91 Å². The van der Waals surface area contributed by atoms with Crippen LogP contribution in [-0.2, 0) is 0 Å². The van der Waals surface area contributed by atoms with Crippen molar-refractivity contribution >= 4 is 17.5 Å². The first-order valence-corrected chi connectivity index (χ1v) is 8.78. The van der Waals surface area contributed by atoms with Crippen molar-refractivity contribution in [1.82, 2.24) is 14.9 Å². The lowest BCUT2D eigenvalue weighted by molar-refractivity contribution is 0.0691. The Morgan fingerprint density at radius 3 is 2.80 bits per heavy atom. The quantitative estimate of drug-likeness (QED) is 0.902. The van der Waals surface area contributed by atoms with Crippen LogP contribution in [-0.4, -0.2) is 40.5 Å². The van der Waals surface area contributed by atoms with Crippen LogP contribution in [0.4, 0.5) is 11.6 Å². The SMILES string of the molecule is CCOc1ccccc1Nc1nccc(C(=O)N2CCC(C)CC2)n1. The Kier molecular flexibility index (Phi) is 5.48. The minimum Gasteiger partial charge on any atom is -0.492 e. The number of ether oxygens (including phenoxy) is 1. The van der Waals surface area contributed by atoms with Crippen molar-refractivity contribution < 1.29 is 9.53 Å². The minimum atomic E-state index is -0.0320. The van der Waals surface area contributed by atoms with Gasteiger partial charge in [-0.25, -0.2) is 9.97 Å². The summed E-state index contributed by atoms with van der Waals surface area (Å²) in [4.78, 5) is 23.2. The monoisotopic (exact) mass is 340 g/mol. The average molecular weight is 340 g/mol. The third-order valence-corrected chi connectivity index (χ3v) is 4.38. The van der Waals surface area contributed by atoms with Gasteiger partial charge in [0.2, 0.25) is 5.95 Å². The van der Waals surface area contributed by atoms with Crippen LogP contribution in [0.15, 0.2) is 36.5 Å². The molecule has 2 heterocycles. The van der Waals surface area contributed by atoms with E-state index >= 15 is 0 Å². The number of benzene rings is 1. The van der Waals surface area contributed by atoms with Gasteiger partial charge in [-0.3, -0.25) is 4.79 Å². The highest BCUT2D eigenvalue weighted by molar-refractivity contribution is 5.92. The van der Waals surface area contributed by atoms with Crippen LogP contribution in [0.3, 0.4) is 0 Å². The molecular weight excluding hydrogens is 316 g/mol. The molecule has 0 bridgehead atoms. The van der Waals surface area contributed by atoms with Crippen LogP contribution < -0.4 is 10.1 Å². The maximum absolute atomic E-state index is 12.7. The van der Waals surface area contributed by atoms with Gasteiger partial charge in [0.25, 0.3) is 5.91 Å². The third kappa shape index (κ3) is 4.26. The molecule has 1 aromatic heterocycles. The maximum Gasteiger partial charge on any atom is 0.272 e. The van der Waals surface area contributed by atoms with Crippen LogP contribution in [0.5, 0.6) is 5.75 Å². The smallest absolute Gasteiger partial charge is 0.272 e. The van der Waals surface area contributed by atoms with Gasteiger partial charge >= 0.3 is 0 Å². The standard InChI is InChI=1S/C19H24N4O2/c1-3-25-17-7-5-4-6-15(17)21-19-20-11-8-16(22-19)18(24)23-12-9-14(2)10-13-23/h4-8,11,14H,3,9-10,12-13H2,1-2H3,(H,20,21,22). The molecule has 1 aliphatic rings. The number of nitrogens with one attached hydrogen (secondary N) is 1. The number of carbonyl (C=O) groups is 1. The van der Waals surface area contributed by atoms with Crippen molar-refractivity contribution in [1.29, 1.82) is 0 Å². The highest BCUT2D eigenvalue weighted by Gasteiger charge is 2.22. The molecule has 132 valence electrons. The number of hydrogen-bond acceptors (Lipinski definition) is 5. The van der Waals surface area contributed by atoms with Gasteiger partial charge in [-0.1, -0.05) is 19.1 Å². The minimum absolute atomic E-state index is 0.0320. The zero-order valence-corrected chi connectivity index (χ0v) is 14.7. The molecule has 0 atom stereocenters. The van der Waals surface area contributed by atoms with E-state index in [0.29, 0.717) is 24.2 Å². The molecule has 3 rings (SSSR count). The zero-order valence-electron chi connectivity index (χ0n) is 14.7. The Balaban J connectivity index is 1.74. The van der Waals surface area contributed by atoms with Crippen molar-refractivity contribution in [2.45, 2.75) is 26.7 Å². The Labute approximate surface area is 148 Å². The largest absolute Gasteiger partial charge is 0.492 e. The van der Waals surface area contributed by atoms with Gasteiger partial charge in [-0.2, -0.15) is 0 Å². The summed E-state index contributed by atoms with van der Waals surface area (Å²) in [6.45, 7) is 6.32. The molecule has 1 fully saturated rings. The van der Waals surface area contributed by atoms with Crippen molar-refractivity contribution in [2.24, 2.45) is 5.92 Å². The van der Waals surface area contributed by atoms with Gasteiger partial charge in [0.1, 0.15) is 11.4 Å². The molecule has 2 aromatic rings. The van der Waals surface area contributed by atoms with Crippen LogP contribution in [0, 0.1) is 5.92 Å². The second-order valence-electron chi connectivity index (χ2n) is 6.29. The van der Waals surface area contributed by atoms with Crippen molar-refractivity contribution in [3.8, 4) is 5.75 Å². The predicted octanol–water partition coefficient (Wildman–Crippen LogP) is 3.49. The lowest BCUT2D eigenvalue weighted by Gasteiger charge is -2.30. The topological polar surface area (TPSA) is 67.3 Å². The summed E-state index contributed by atoms with van der Waals surface area (Å²) >= 11 is 0. The molecule has 1 aromatic carbocycles. The first kappa shape index (κ1) is 17.2. The lowest BCUT2D eigenvalue weighted by atomic mass is 9.99. The van der Waals surface area contributed by atoms with E-state index in [1.54, 1.807) is 12.3 Å². The summed E-state index contributed by atoms with van der Waals surface area (Å²) in [6, 6.07) is 9.27. The van der Waals surface area contributed by atoms with E-state index in [9.17, 15) is 4.79 Å². The van der Waals surface area contributed by atoms with Crippen LogP contribution >= 0.6 is 0 Å². The summed E-state index contributed by atoms with van der Waals surface area (Å²) in [6.07, 6.45) is 3.70. The summed E-state index contributed by atoms with van der Waals surface area (Å²) in [5, 5.41) is 3.14. The Hall–Kier alpha value is -2.63. The van der Waals surface area contributed by atoms with Crippen LogP contribution in [0.1, 0.15) is 37.2 Å². The number of amides is 1. The fourth-order valence-corrected chi connectivity index (χ4v) is 2.88. The summed E-state index contributed by atoms with van der Waals surface area (Å²) in [5.74, 6) is 1.77. The number of carbonyl (C=O) groups excluding carboxylic acids is 1. The number of para-hydroxylation sites is 2. The van der Waals surface area contributed by atoms with Gasteiger partial charge in [0.15, 0.2) is 0 Å². The van der Waals surface area contributed by atoms with E-state index in [0.717, 1.165) is 37.4 Å². The summed E-state index contributed by atoms with van der Waals surface area (Å²) in [7, 11) is 0. The first-order valence-electron chi connectivity index (χ1n) is 8.78. The number of nitrogens with zero attached hydrogens (tertiary/aromatic N) is 3. The molecule has 1 saturated heterocycles.